The van der Waals surface area contributed by atoms with E-state index in [0.717, 1.165) is 31.2 Å². The Kier molecular flexibility index (Phi) is 4.31. The van der Waals surface area contributed by atoms with Crippen molar-refractivity contribution in [1.82, 2.24) is 4.72 Å². The van der Waals surface area contributed by atoms with E-state index in [0.29, 0.717) is 6.42 Å². The highest BCUT2D eigenvalue weighted by atomic mass is 32.2. The number of benzene rings is 1. The first-order valence-corrected chi connectivity index (χ1v) is 11.0. The van der Waals surface area contributed by atoms with Gasteiger partial charge in [0.15, 0.2) is 9.84 Å². The summed E-state index contributed by atoms with van der Waals surface area (Å²) >= 11 is 0. The smallest absolute Gasteiger partial charge is 0.229 e. The standard InChI is InChI=1S/C15H21NO4S2/c17-21(18)8-7-12(11-21)10-16-22(19,20)15-6-5-13-3-1-2-4-14(13)9-15/h5-6,9,12,16H,1-4,7-8,10-11H2/t12-/m1/s1. The van der Waals surface area contributed by atoms with Crippen LogP contribution in [0.3, 0.4) is 0 Å². The fourth-order valence-electron chi connectivity index (χ4n) is 3.22. The van der Waals surface area contributed by atoms with Gasteiger partial charge in [0.2, 0.25) is 10.0 Å². The molecule has 0 amide bonds. The van der Waals surface area contributed by atoms with Crippen molar-refractivity contribution < 1.29 is 16.8 Å². The van der Waals surface area contributed by atoms with Gasteiger partial charge < -0.3 is 0 Å². The zero-order valence-electron chi connectivity index (χ0n) is 12.4. The molecule has 0 bridgehead atoms. The van der Waals surface area contributed by atoms with E-state index in [-0.39, 0.29) is 28.9 Å². The topological polar surface area (TPSA) is 80.3 Å². The summed E-state index contributed by atoms with van der Waals surface area (Å²) in [4.78, 5) is 0.286. The molecule has 0 saturated carbocycles. The molecule has 22 heavy (non-hydrogen) atoms. The zero-order chi connectivity index (χ0) is 15.8. The summed E-state index contributed by atoms with van der Waals surface area (Å²) in [7, 11) is -6.54. The fraction of sp³-hybridized carbons (Fsp3) is 0.600. The van der Waals surface area contributed by atoms with E-state index < -0.39 is 19.9 Å². The summed E-state index contributed by atoms with van der Waals surface area (Å²) < 4.78 is 50.2. The van der Waals surface area contributed by atoms with Gasteiger partial charge in [0.25, 0.3) is 0 Å². The molecule has 122 valence electrons. The van der Waals surface area contributed by atoms with E-state index in [2.05, 4.69) is 4.72 Å². The van der Waals surface area contributed by atoms with Crippen molar-refractivity contribution in [2.75, 3.05) is 18.1 Å². The van der Waals surface area contributed by atoms with Gasteiger partial charge in [-0.1, -0.05) is 6.07 Å². The Hall–Kier alpha value is -0.920. The van der Waals surface area contributed by atoms with Crippen LogP contribution in [0.25, 0.3) is 0 Å². The Morgan fingerprint density at radius 2 is 1.86 bits per heavy atom. The average molecular weight is 343 g/mol. The van der Waals surface area contributed by atoms with Gasteiger partial charge in [-0.25, -0.2) is 21.6 Å². The largest absolute Gasteiger partial charge is 0.240 e. The molecule has 1 fully saturated rings. The molecule has 1 aromatic carbocycles. The molecule has 1 atom stereocenters. The molecule has 1 aliphatic carbocycles. The van der Waals surface area contributed by atoms with E-state index in [1.54, 1.807) is 12.1 Å². The minimum atomic E-state index is -3.56. The Morgan fingerprint density at radius 3 is 2.55 bits per heavy atom. The summed E-state index contributed by atoms with van der Waals surface area (Å²) in [6, 6.07) is 5.32. The van der Waals surface area contributed by atoms with Gasteiger partial charge in [-0.3, -0.25) is 0 Å². The van der Waals surface area contributed by atoms with Crippen molar-refractivity contribution in [3.63, 3.8) is 0 Å². The number of rotatable bonds is 4. The van der Waals surface area contributed by atoms with Crippen LogP contribution in [-0.2, 0) is 32.7 Å². The lowest BCUT2D eigenvalue weighted by atomic mass is 9.92. The van der Waals surface area contributed by atoms with Crippen LogP contribution in [-0.4, -0.2) is 34.9 Å². The highest BCUT2D eigenvalue weighted by Gasteiger charge is 2.29. The molecule has 0 radical (unpaired) electrons. The third-order valence-corrected chi connectivity index (χ3v) is 7.78. The molecule has 1 heterocycles. The molecule has 0 aromatic heterocycles. The molecule has 1 aliphatic heterocycles. The zero-order valence-corrected chi connectivity index (χ0v) is 14.0. The van der Waals surface area contributed by atoms with Gasteiger partial charge in [0, 0.05) is 6.54 Å². The molecule has 3 rings (SSSR count). The van der Waals surface area contributed by atoms with Crippen molar-refractivity contribution in [2.24, 2.45) is 5.92 Å². The molecule has 5 nitrogen and oxygen atoms in total. The Labute approximate surface area is 132 Å². The number of hydrogen-bond donors (Lipinski definition) is 1. The second kappa shape index (κ2) is 5.94. The first-order chi connectivity index (χ1) is 10.4. The van der Waals surface area contributed by atoms with Crippen molar-refractivity contribution in [3.8, 4) is 0 Å². The van der Waals surface area contributed by atoms with E-state index in [1.807, 2.05) is 6.07 Å². The Bertz CT molecular complexity index is 769. The van der Waals surface area contributed by atoms with Crippen molar-refractivity contribution in [3.05, 3.63) is 29.3 Å². The first-order valence-electron chi connectivity index (χ1n) is 7.68. The van der Waals surface area contributed by atoms with Gasteiger partial charge in [-0.15, -0.1) is 0 Å². The predicted molar refractivity (Wildman–Crippen MR) is 85.0 cm³/mol. The fourth-order valence-corrected chi connectivity index (χ4v) is 6.25. The monoisotopic (exact) mass is 343 g/mol. The summed E-state index contributed by atoms with van der Waals surface area (Å²) in [6.07, 6.45) is 4.75. The molecule has 0 spiro atoms. The normalized spacial score (nSPS) is 24.1. The van der Waals surface area contributed by atoms with Crippen molar-refractivity contribution in [2.45, 2.75) is 37.0 Å². The van der Waals surface area contributed by atoms with Gasteiger partial charge in [-0.2, -0.15) is 0 Å². The van der Waals surface area contributed by atoms with Gasteiger partial charge in [0.05, 0.1) is 16.4 Å². The maximum absolute atomic E-state index is 12.4. The van der Waals surface area contributed by atoms with E-state index in [9.17, 15) is 16.8 Å². The van der Waals surface area contributed by atoms with Crippen LogP contribution in [0.5, 0.6) is 0 Å². The lowest BCUT2D eigenvalue weighted by Gasteiger charge is -2.17. The summed E-state index contributed by atoms with van der Waals surface area (Å²) in [5.41, 5.74) is 2.37. The molecule has 1 saturated heterocycles. The number of nitrogens with one attached hydrogen (secondary N) is 1. The maximum Gasteiger partial charge on any atom is 0.240 e. The summed E-state index contributed by atoms with van der Waals surface area (Å²) in [5, 5.41) is 0. The lowest BCUT2D eigenvalue weighted by molar-refractivity contribution is 0.543. The third-order valence-electron chi connectivity index (χ3n) is 4.52. The van der Waals surface area contributed by atoms with Crippen LogP contribution in [0.15, 0.2) is 23.1 Å². The Morgan fingerprint density at radius 1 is 1.14 bits per heavy atom. The molecular weight excluding hydrogens is 322 g/mol. The molecular formula is C15H21NO4S2. The van der Waals surface area contributed by atoms with Crippen LogP contribution < -0.4 is 4.72 Å². The van der Waals surface area contributed by atoms with Crippen molar-refractivity contribution in [1.29, 1.82) is 0 Å². The second-order valence-corrected chi connectivity index (χ2v) is 10.3. The number of fused-ring (bicyclic) bond motifs is 1. The van der Waals surface area contributed by atoms with E-state index >= 15 is 0 Å². The number of sulfone groups is 1. The minimum Gasteiger partial charge on any atom is -0.229 e. The number of aryl methyl sites for hydroxylation is 2. The van der Waals surface area contributed by atoms with E-state index in [4.69, 9.17) is 0 Å². The quantitative estimate of drug-likeness (QED) is 0.893. The van der Waals surface area contributed by atoms with Crippen LogP contribution in [0.2, 0.25) is 0 Å². The van der Waals surface area contributed by atoms with Gasteiger partial charge in [-0.05, 0) is 61.3 Å². The molecule has 1 N–H and O–H groups in total. The van der Waals surface area contributed by atoms with Gasteiger partial charge >= 0.3 is 0 Å². The van der Waals surface area contributed by atoms with Crippen molar-refractivity contribution >= 4 is 19.9 Å². The summed E-state index contributed by atoms with van der Waals surface area (Å²) in [6.45, 7) is 0.193. The lowest BCUT2D eigenvalue weighted by Crippen LogP contribution is -2.30. The van der Waals surface area contributed by atoms with Gasteiger partial charge in [0.1, 0.15) is 0 Å². The third kappa shape index (κ3) is 3.52. The molecule has 0 unspecified atom stereocenters. The highest BCUT2D eigenvalue weighted by molar-refractivity contribution is 7.91. The number of sulfonamides is 1. The first kappa shape index (κ1) is 16.0. The molecule has 1 aromatic rings. The van der Waals surface area contributed by atoms with Crippen LogP contribution in [0, 0.1) is 5.92 Å². The number of hydrogen-bond acceptors (Lipinski definition) is 4. The summed E-state index contributed by atoms with van der Waals surface area (Å²) in [5.74, 6) is 0.134. The van der Waals surface area contributed by atoms with Crippen LogP contribution >= 0.6 is 0 Å². The minimum absolute atomic E-state index is 0.0830. The average Bonchev–Trinajstić information content (AvgIpc) is 2.84. The second-order valence-electron chi connectivity index (χ2n) is 6.26. The molecule has 7 heteroatoms. The maximum atomic E-state index is 12.4. The molecule has 2 aliphatic rings. The Balaban J connectivity index is 1.70. The SMILES string of the molecule is O=S1(=O)CC[C@H](CNS(=O)(=O)c2ccc3c(c2)CCCC3)C1. The van der Waals surface area contributed by atoms with Crippen LogP contribution in [0.4, 0.5) is 0 Å². The predicted octanol–water partition coefficient (Wildman–Crippen LogP) is 1.28. The highest BCUT2D eigenvalue weighted by Crippen LogP contribution is 2.24. The van der Waals surface area contributed by atoms with E-state index in [1.165, 1.54) is 5.56 Å². The van der Waals surface area contributed by atoms with Crippen LogP contribution in [0.1, 0.15) is 30.4 Å².